The fourth-order valence-corrected chi connectivity index (χ4v) is 5.68. The van der Waals surface area contributed by atoms with Crippen LogP contribution >= 0.6 is 0 Å². The van der Waals surface area contributed by atoms with Crippen molar-refractivity contribution in [1.82, 2.24) is 10.2 Å². The summed E-state index contributed by atoms with van der Waals surface area (Å²) in [4.78, 5) is 15.5. The zero-order valence-corrected chi connectivity index (χ0v) is 19.5. The lowest BCUT2D eigenvalue weighted by Gasteiger charge is -2.36. The summed E-state index contributed by atoms with van der Waals surface area (Å²) >= 11 is 0. The normalized spacial score (nSPS) is 16.9. The Morgan fingerprint density at radius 1 is 0.848 bits per heavy atom. The molecule has 0 radical (unpaired) electrons. The molecule has 0 aromatic heterocycles. The van der Waals surface area contributed by atoms with E-state index in [-0.39, 0.29) is 11.7 Å². The van der Waals surface area contributed by atoms with E-state index >= 15 is 0 Å². The summed E-state index contributed by atoms with van der Waals surface area (Å²) in [7, 11) is -3.41. The van der Waals surface area contributed by atoms with Crippen molar-refractivity contribution in [3.63, 3.8) is 0 Å². The third-order valence-corrected chi connectivity index (χ3v) is 7.85. The third kappa shape index (κ3) is 6.30. The molecule has 0 aliphatic carbocycles. The minimum Gasteiger partial charge on any atom is -0.350 e. The number of nitrogens with zero attached hydrogens (tertiary/aromatic N) is 1. The van der Waals surface area contributed by atoms with Crippen LogP contribution in [0.15, 0.2) is 89.8 Å². The van der Waals surface area contributed by atoms with Gasteiger partial charge in [0.1, 0.15) is 0 Å². The van der Waals surface area contributed by atoms with Gasteiger partial charge < -0.3 is 5.32 Å². The van der Waals surface area contributed by atoms with Gasteiger partial charge in [-0.2, -0.15) is 0 Å². The predicted molar refractivity (Wildman–Crippen MR) is 131 cm³/mol. The standard InChI is InChI=1S/C27H30N2O3S/c30-27(28-19-25-11-7-8-18-29(25)20-22-9-3-1-4-10-22)24-16-14-23(15-17-24)21-33(31,32)26-12-5-2-6-13-26/h1-6,9-10,12-17,25H,7-8,11,18-21H2,(H,28,30). The van der Waals surface area contributed by atoms with Gasteiger partial charge in [-0.15, -0.1) is 0 Å². The zero-order chi connectivity index (χ0) is 23.1. The molecule has 1 N–H and O–H groups in total. The van der Waals surface area contributed by atoms with Gasteiger partial charge in [-0.25, -0.2) is 8.42 Å². The maximum absolute atomic E-state index is 12.7. The summed E-state index contributed by atoms with van der Waals surface area (Å²) in [6.07, 6.45) is 3.43. The molecule has 3 aromatic carbocycles. The number of hydrogen-bond acceptors (Lipinski definition) is 4. The molecule has 4 rings (SSSR count). The van der Waals surface area contributed by atoms with E-state index in [9.17, 15) is 13.2 Å². The van der Waals surface area contributed by atoms with Crippen LogP contribution in [0.3, 0.4) is 0 Å². The van der Waals surface area contributed by atoms with Gasteiger partial charge in [0.15, 0.2) is 9.84 Å². The highest BCUT2D eigenvalue weighted by molar-refractivity contribution is 7.90. The first-order valence-electron chi connectivity index (χ1n) is 11.4. The average molecular weight is 463 g/mol. The molecule has 33 heavy (non-hydrogen) atoms. The highest BCUT2D eigenvalue weighted by atomic mass is 32.2. The highest BCUT2D eigenvalue weighted by Gasteiger charge is 2.23. The third-order valence-electron chi connectivity index (χ3n) is 6.15. The van der Waals surface area contributed by atoms with E-state index in [1.165, 1.54) is 18.4 Å². The smallest absolute Gasteiger partial charge is 0.251 e. The quantitative estimate of drug-likeness (QED) is 0.537. The number of carbonyl (C=O) groups excluding carboxylic acids is 1. The molecule has 6 heteroatoms. The van der Waals surface area contributed by atoms with Crippen LogP contribution in [0, 0.1) is 0 Å². The first kappa shape index (κ1) is 23.2. The maximum atomic E-state index is 12.7. The fraction of sp³-hybridized carbons (Fsp3) is 0.296. The number of rotatable bonds is 8. The first-order chi connectivity index (χ1) is 16.0. The molecule has 1 atom stereocenters. The highest BCUT2D eigenvalue weighted by Crippen LogP contribution is 2.20. The molecule has 1 unspecified atom stereocenters. The Balaban J connectivity index is 1.33. The molecular formula is C27H30N2O3S. The van der Waals surface area contributed by atoms with Gasteiger partial charge in [0.05, 0.1) is 10.6 Å². The minimum absolute atomic E-state index is 0.0879. The van der Waals surface area contributed by atoms with Crippen LogP contribution < -0.4 is 5.32 Å². The summed E-state index contributed by atoms with van der Waals surface area (Å²) in [6, 6.07) is 26.0. The number of hydrogen-bond donors (Lipinski definition) is 1. The molecule has 1 saturated heterocycles. The second-order valence-corrected chi connectivity index (χ2v) is 10.6. The summed E-state index contributed by atoms with van der Waals surface area (Å²) < 4.78 is 25.2. The van der Waals surface area contributed by atoms with Gasteiger partial charge in [0.25, 0.3) is 5.91 Å². The zero-order valence-electron chi connectivity index (χ0n) is 18.7. The van der Waals surface area contributed by atoms with Crippen LogP contribution in [-0.2, 0) is 22.1 Å². The number of nitrogens with one attached hydrogen (secondary N) is 1. The van der Waals surface area contributed by atoms with Crippen LogP contribution in [0.2, 0.25) is 0 Å². The predicted octanol–water partition coefficient (Wildman–Crippen LogP) is 4.45. The Morgan fingerprint density at radius 3 is 2.21 bits per heavy atom. The van der Waals surface area contributed by atoms with Gasteiger partial charge in [-0.3, -0.25) is 9.69 Å². The SMILES string of the molecule is O=C(NCC1CCCCN1Cc1ccccc1)c1ccc(CS(=O)(=O)c2ccccc2)cc1. The lowest BCUT2D eigenvalue weighted by atomic mass is 10.0. The molecule has 0 saturated carbocycles. The first-order valence-corrected chi connectivity index (χ1v) is 13.1. The van der Waals surface area contributed by atoms with E-state index in [4.69, 9.17) is 0 Å². The van der Waals surface area contributed by atoms with Gasteiger partial charge in [-0.1, -0.05) is 67.1 Å². The summed E-state index contributed by atoms with van der Waals surface area (Å²) in [5.41, 5.74) is 2.50. The lowest BCUT2D eigenvalue weighted by Crippen LogP contribution is -2.46. The maximum Gasteiger partial charge on any atom is 0.251 e. The number of piperidine rings is 1. The van der Waals surface area contributed by atoms with Crippen molar-refractivity contribution in [2.24, 2.45) is 0 Å². The van der Waals surface area contributed by atoms with Gasteiger partial charge >= 0.3 is 0 Å². The number of sulfone groups is 1. The Bertz CT molecular complexity index is 1150. The fourth-order valence-electron chi connectivity index (χ4n) is 4.31. The molecule has 1 heterocycles. The molecule has 1 aliphatic rings. The van der Waals surface area contributed by atoms with E-state index in [2.05, 4.69) is 34.5 Å². The molecular weight excluding hydrogens is 432 g/mol. The Kier molecular flexibility index (Phi) is 7.57. The Labute approximate surface area is 196 Å². The van der Waals surface area contributed by atoms with Crippen molar-refractivity contribution in [3.8, 4) is 0 Å². The number of benzene rings is 3. The van der Waals surface area contributed by atoms with Gasteiger partial charge in [-0.05, 0) is 54.8 Å². The van der Waals surface area contributed by atoms with Crippen LogP contribution in [0.25, 0.3) is 0 Å². The molecule has 0 spiro atoms. The monoisotopic (exact) mass is 462 g/mol. The van der Waals surface area contributed by atoms with E-state index in [1.807, 2.05) is 6.07 Å². The molecule has 0 bridgehead atoms. The van der Waals surface area contributed by atoms with Crippen molar-refractivity contribution >= 4 is 15.7 Å². The summed E-state index contributed by atoms with van der Waals surface area (Å²) in [6.45, 7) is 2.54. The van der Waals surface area contributed by atoms with E-state index in [1.54, 1.807) is 54.6 Å². The van der Waals surface area contributed by atoms with Gasteiger partial charge in [0.2, 0.25) is 0 Å². The Hall–Kier alpha value is -2.96. The van der Waals surface area contributed by atoms with Crippen molar-refractivity contribution in [2.75, 3.05) is 13.1 Å². The Morgan fingerprint density at radius 2 is 1.52 bits per heavy atom. The van der Waals surface area contributed by atoms with Crippen LogP contribution in [0.1, 0.15) is 40.7 Å². The van der Waals surface area contributed by atoms with E-state index < -0.39 is 9.84 Å². The number of likely N-dealkylation sites (tertiary alicyclic amines) is 1. The molecule has 3 aromatic rings. The molecule has 1 fully saturated rings. The van der Waals surface area contributed by atoms with Crippen molar-refractivity contribution < 1.29 is 13.2 Å². The number of amides is 1. The minimum atomic E-state index is -3.41. The van der Waals surface area contributed by atoms with Crippen molar-refractivity contribution in [2.45, 2.75) is 42.5 Å². The van der Waals surface area contributed by atoms with E-state index in [0.29, 0.717) is 28.6 Å². The van der Waals surface area contributed by atoms with Crippen LogP contribution in [-0.4, -0.2) is 38.4 Å². The van der Waals surface area contributed by atoms with Gasteiger partial charge in [0, 0.05) is 24.7 Å². The van der Waals surface area contributed by atoms with Crippen LogP contribution in [0.4, 0.5) is 0 Å². The molecule has 172 valence electrons. The van der Waals surface area contributed by atoms with Crippen molar-refractivity contribution in [1.29, 1.82) is 0 Å². The largest absolute Gasteiger partial charge is 0.350 e. The molecule has 5 nitrogen and oxygen atoms in total. The summed E-state index contributed by atoms with van der Waals surface area (Å²) in [5, 5.41) is 3.08. The van der Waals surface area contributed by atoms with E-state index in [0.717, 1.165) is 19.5 Å². The topological polar surface area (TPSA) is 66.5 Å². The second-order valence-electron chi connectivity index (χ2n) is 8.58. The van der Waals surface area contributed by atoms with Crippen LogP contribution in [0.5, 0.6) is 0 Å². The summed E-state index contributed by atoms with van der Waals surface area (Å²) in [5.74, 6) is -0.215. The lowest BCUT2D eigenvalue weighted by molar-refractivity contribution is 0.0907. The molecule has 1 aliphatic heterocycles. The van der Waals surface area contributed by atoms with Crippen molar-refractivity contribution in [3.05, 3.63) is 102 Å². The second kappa shape index (κ2) is 10.8. The average Bonchev–Trinajstić information content (AvgIpc) is 2.85. The number of carbonyl (C=O) groups is 1. The molecule has 1 amide bonds.